The second kappa shape index (κ2) is 9.92. The van der Waals surface area contributed by atoms with Crippen LogP contribution in [0.5, 0.6) is 5.75 Å². The number of nitrogens with one attached hydrogen (secondary N) is 1. The van der Waals surface area contributed by atoms with Crippen LogP contribution in [0.1, 0.15) is 34.6 Å². The Bertz CT molecular complexity index is 1260. The van der Waals surface area contributed by atoms with Crippen molar-refractivity contribution in [2.45, 2.75) is 25.6 Å². The number of carbonyl (C=O) groups is 2. The Labute approximate surface area is 205 Å². The van der Waals surface area contributed by atoms with E-state index >= 15 is 0 Å². The smallest absolute Gasteiger partial charge is 0.256 e. The van der Waals surface area contributed by atoms with Gasteiger partial charge in [0.15, 0.2) is 0 Å². The largest absolute Gasteiger partial charge is 0.497 e. The number of pyridine rings is 1. The van der Waals surface area contributed by atoms with E-state index in [1.165, 1.54) is 18.2 Å². The molecule has 1 unspecified atom stereocenters. The van der Waals surface area contributed by atoms with Crippen molar-refractivity contribution >= 4 is 35.0 Å². The van der Waals surface area contributed by atoms with Crippen LogP contribution in [-0.4, -0.2) is 56.5 Å². The molecule has 4 rings (SSSR count). The zero-order chi connectivity index (χ0) is 24.4. The number of carbonyl (C=O) groups excluding carboxylic acids is 2. The van der Waals surface area contributed by atoms with Crippen molar-refractivity contribution in [2.75, 3.05) is 13.7 Å². The standard InChI is InChI=1S/C23H21Cl2N5O4/c1-12(21(32)28-19(11-31)13-4-3-5-15(6-13)34-2)30-10-18-16(22(30)33)7-14(8-26-18)20-17(24)9-27-23(25)29-20/h3-9,12,19,31H,10-11H2,1-2H3,(H,28,32)/t12?,19-/m1/s1. The van der Waals surface area contributed by atoms with Crippen molar-refractivity contribution in [2.24, 2.45) is 0 Å². The first-order valence-electron chi connectivity index (χ1n) is 10.4. The number of hydrogen-bond acceptors (Lipinski definition) is 7. The average Bonchev–Trinajstić information content (AvgIpc) is 3.19. The van der Waals surface area contributed by atoms with Crippen molar-refractivity contribution in [1.29, 1.82) is 0 Å². The first-order valence-corrected chi connectivity index (χ1v) is 11.1. The van der Waals surface area contributed by atoms with Gasteiger partial charge in [-0.1, -0.05) is 23.7 Å². The summed E-state index contributed by atoms with van der Waals surface area (Å²) in [5.74, 6) is -0.144. The molecule has 1 aliphatic rings. The number of rotatable bonds is 7. The average molecular weight is 502 g/mol. The number of amides is 2. The summed E-state index contributed by atoms with van der Waals surface area (Å²) in [4.78, 5) is 39.9. The van der Waals surface area contributed by atoms with Gasteiger partial charge in [-0.25, -0.2) is 9.97 Å². The van der Waals surface area contributed by atoms with E-state index in [-0.39, 0.29) is 29.4 Å². The molecular formula is C23H21Cl2N5O4. The molecule has 2 aromatic heterocycles. The second-order valence-corrected chi connectivity index (χ2v) is 8.43. The first-order chi connectivity index (χ1) is 16.3. The molecule has 0 aliphatic carbocycles. The lowest BCUT2D eigenvalue weighted by Crippen LogP contribution is -2.46. The maximum absolute atomic E-state index is 13.1. The molecule has 176 valence electrons. The van der Waals surface area contributed by atoms with Crippen molar-refractivity contribution in [3.8, 4) is 17.0 Å². The minimum absolute atomic E-state index is 0.0209. The predicted molar refractivity (Wildman–Crippen MR) is 126 cm³/mol. The van der Waals surface area contributed by atoms with Crippen molar-refractivity contribution < 1.29 is 19.4 Å². The topological polar surface area (TPSA) is 118 Å². The van der Waals surface area contributed by atoms with Gasteiger partial charge >= 0.3 is 0 Å². The summed E-state index contributed by atoms with van der Waals surface area (Å²) in [5, 5.41) is 12.9. The highest BCUT2D eigenvalue weighted by molar-refractivity contribution is 6.33. The van der Waals surface area contributed by atoms with Gasteiger partial charge in [0.05, 0.1) is 54.5 Å². The van der Waals surface area contributed by atoms with Gasteiger partial charge in [0.1, 0.15) is 11.8 Å². The van der Waals surface area contributed by atoms with Crippen molar-refractivity contribution in [1.82, 2.24) is 25.2 Å². The summed E-state index contributed by atoms with van der Waals surface area (Å²) in [6, 6.07) is 7.23. The minimum atomic E-state index is -0.804. The number of hydrogen-bond donors (Lipinski definition) is 2. The number of methoxy groups -OCH3 is 1. The number of nitrogens with zero attached hydrogens (tertiary/aromatic N) is 4. The molecule has 0 spiro atoms. The normalized spacial score (nSPS) is 14.5. The summed E-state index contributed by atoms with van der Waals surface area (Å²) in [6.45, 7) is 1.48. The van der Waals surface area contributed by atoms with E-state index in [1.54, 1.807) is 43.5 Å². The van der Waals surface area contributed by atoms with E-state index in [0.717, 1.165) is 0 Å². The van der Waals surface area contributed by atoms with Crippen molar-refractivity contribution in [3.63, 3.8) is 0 Å². The molecule has 0 saturated heterocycles. The predicted octanol–water partition coefficient (Wildman–Crippen LogP) is 3.05. The van der Waals surface area contributed by atoms with E-state index in [0.29, 0.717) is 33.8 Å². The van der Waals surface area contributed by atoms with Crippen molar-refractivity contribution in [3.05, 3.63) is 69.9 Å². The lowest BCUT2D eigenvalue weighted by atomic mass is 10.1. The van der Waals surface area contributed by atoms with Gasteiger partial charge in [0, 0.05) is 11.8 Å². The monoisotopic (exact) mass is 501 g/mol. The third-order valence-electron chi connectivity index (χ3n) is 5.61. The Morgan fingerprint density at radius 3 is 2.79 bits per heavy atom. The molecule has 0 radical (unpaired) electrons. The molecule has 0 fully saturated rings. The Morgan fingerprint density at radius 2 is 2.06 bits per heavy atom. The van der Waals surface area contributed by atoms with Crippen LogP contribution in [0.3, 0.4) is 0 Å². The van der Waals surface area contributed by atoms with Crippen LogP contribution in [0.15, 0.2) is 42.7 Å². The quantitative estimate of drug-likeness (QED) is 0.477. The third-order valence-corrected chi connectivity index (χ3v) is 6.07. The summed E-state index contributed by atoms with van der Waals surface area (Å²) in [6.07, 6.45) is 2.93. The molecular weight excluding hydrogens is 481 g/mol. The van der Waals surface area contributed by atoms with Gasteiger partial charge in [0.25, 0.3) is 5.91 Å². The van der Waals surface area contributed by atoms with E-state index in [4.69, 9.17) is 27.9 Å². The van der Waals surface area contributed by atoms with Crippen LogP contribution in [0.2, 0.25) is 10.3 Å². The number of aliphatic hydroxyl groups excluding tert-OH is 1. The molecule has 2 atom stereocenters. The number of fused-ring (bicyclic) bond motifs is 1. The number of halogens is 2. The number of ether oxygens (including phenoxy) is 1. The Balaban J connectivity index is 1.52. The van der Waals surface area contributed by atoms with Gasteiger partial charge in [-0.2, -0.15) is 0 Å². The van der Waals surface area contributed by atoms with Gasteiger partial charge in [-0.15, -0.1) is 0 Å². The highest BCUT2D eigenvalue weighted by Gasteiger charge is 2.36. The Kier molecular flexibility index (Phi) is 6.97. The van der Waals surface area contributed by atoms with Crippen LogP contribution in [0.4, 0.5) is 0 Å². The number of aromatic nitrogens is 3. The lowest BCUT2D eigenvalue weighted by molar-refractivity contribution is -0.126. The van der Waals surface area contributed by atoms with Crippen LogP contribution < -0.4 is 10.1 Å². The fraction of sp³-hybridized carbons (Fsp3) is 0.261. The van der Waals surface area contributed by atoms with Crippen LogP contribution >= 0.6 is 23.2 Å². The fourth-order valence-corrected chi connectivity index (χ4v) is 4.04. The SMILES string of the molecule is COc1cccc([C@@H](CO)NC(=O)C(C)N2Cc3ncc(-c4nc(Cl)ncc4Cl)cc3C2=O)c1. The Hall–Kier alpha value is -3.27. The summed E-state index contributed by atoms with van der Waals surface area (Å²) in [7, 11) is 1.54. The van der Waals surface area contributed by atoms with Crippen LogP contribution in [0, 0.1) is 0 Å². The van der Waals surface area contributed by atoms with E-state index in [9.17, 15) is 14.7 Å². The van der Waals surface area contributed by atoms with Gasteiger partial charge in [-0.3, -0.25) is 14.6 Å². The molecule has 34 heavy (non-hydrogen) atoms. The van der Waals surface area contributed by atoms with Crippen LogP contribution in [-0.2, 0) is 11.3 Å². The van der Waals surface area contributed by atoms with Gasteiger partial charge in [-0.05, 0) is 42.3 Å². The Morgan fingerprint density at radius 1 is 1.26 bits per heavy atom. The maximum atomic E-state index is 13.1. The fourth-order valence-electron chi connectivity index (χ4n) is 3.71. The molecule has 0 saturated carbocycles. The molecule has 1 aromatic carbocycles. The second-order valence-electron chi connectivity index (χ2n) is 7.68. The molecule has 3 heterocycles. The molecule has 11 heteroatoms. The zero-order valence-electron chi connectivity index (χ0n) is 18.3. The number of benzene rings is 1. The zero-order valence-corrected chi connectivity index (χ0v) is 19.8. The molecule has 9 nitrogen and oxygen atoms in total. The van der Waals surface area contributed by atoms with Gasteiger partial charge in [0.2, 0.25) is 11.2 Å². The molecule has 1 aliphatic heterocycles. The molecule has 3 aromatic rings. The highest BCUT2D eigenvalue weighted by Crippen LogP contribution is 2.31. The minimum Gasteiger partial charge on any atom is -0.497 e. The summed E-state index contributed by atoms with van der Waals surface area (Å²) >= 11 is 12.1. The van der Waals surface area contributed by atoms with E-state index < -0.39 is 18.0 Å². The van der Waals surface area contributed by atoms with E-state index in [1.807, 2.05) is 0 Å². The van der Waals surface area contributed by atoms with Crippen LogP contribution in [0.25, 0.3) is 11.3 Å². The van der Waals surface area contributed by atoms with Gasteiger partial charge < -0.3 is 20.1 Å². The first kappa shape index (κ1) is 23.9. The third kappa shape index (κ3) is 4.68. The summed E-state index contributed by atoms with van der Waals surface area (Å²) in [5.41, 5.74) is 2.45. The highest BCUT2D eigenvalue weighted by atomic mass is 35.5. The molecule has 2 N–H and O–H groups in total. The number of aliphatic hydroxyl groups is 1. The maximum Gasteiger partial charge on any atom is 0.256 e. The molecule has 0 bridgehead atoms. The summed E-state index contributed by atoms with van der Waals surface area (Å²) < 4.78 is 5.21. The molecule has 2 amide bonds. The van der Waals surface area contributed by atoms with E-state index in [2.05, 4.69) is 20.3 Å². The lowest BCUT2D eigenvalue weighted by Gasteiger charge is -2.26.